The van der Waals surface area contributed by atoms with Gasteiger partial charge in [0.2, 0.25) is 0 Å². The molecule has 0 heterocycles. The molecule has 0 aromatic heterocycles. The fourth-order valence-corrected chi connectivity index (χ4v) is 5.67. The quantitative estimate of drug-likeness (QED) is 0.0553. The number of nitrogens with two attached hydrogens (primary N) is 1. The zero-order valence-electron chi connectivity index (χ0n) is 29.5. The maximum absolute atomic E-state index is 12.9. The molecule has 0 saturated carbocycles. The first kappa shape index (κ1) is 43.2. The third-order valence-corrected chi connectivity index (χ3v) is 8.60. The van der Waals surface area contributed by atoms with Gasteiger partial charge in [-0.3, -0.25) is 9.59 Å². The van der Waals surface area contributed by atoms with Crippen molar-refractivity contribution in [3.63, 3.8) is 0 Å². The third kappa shape index (κ3) is 10.4. The Morgan fingerprint density at radius 3 is 1.71 bits per heavy atom. The Balaban J connectivity index is 0.00000348. The number of phenolic OH excluding ortho intramolecular Hbond substituents is 1. The van der Waals surface area contributed by atoms with Gasteiger partial charge in [0.25, 0.3) is 11.8 Å². The Bertz CT molecular complexity index is 2620. The maximum atomic E-state index is 12.9. The van der Waals surface area contributed by atoms with E-state index in [1.165, 1.54) is 60.7 Å². The monoisotopic (exact) mass is 789 g/mol. The summed E-state index contributed by atoms with van der Waals surface area (Å²) in [6.07, 6.45) is 0. The van der Waals surface area contributed by atoms with Gasteiger partial charge in [0.1, 0.15) is 21.6 Å². The van der Waals surface area contributed by atoms with Crippen LogP contribution >= 0.6 is 0 Å². The fraction of sp³-hybridized carbons (Fsp3) is 0. The van der Waals surface area contributed by atoms with E-state index < -0.39 is 55.5 Å². The van der Waals surface area contributed by atoms with Crippen LogP contribution in [0, 0.1) is 0 Å². The molecule has 6 aromatic rings. The van der Waals surface area contributed by atoms with Crippen LogP contribution in [0.5, 0.6) is 11.5 Å². The summed E-state index contributed by atoms with van der Waals surface area (Å²) in [5.41, 5.74) is 7.07. The van der Waals surface area contributed by atoms with Crippen molar-refractivity contribution in [1.82, 2.24) is 0 Å². The van der Waals surface area contributed by atoms with Crippen LogP contribution in [0.2, 0.25) is 0 Å². The number of phenols is 2. The molecule has 0 spiro atoms. The van der Waals surface area contributed by atoms with E-state index in [1.807, 2.05) is 0 Å². The molecule has 270 valence electrons. The second kappa shape index (κ2) is 18.4. The standard InChI is InChI=1S/C37H27N7O9S.2Na/c38-23-5-1-20(2-6-23)36(48)40-27-13-15-29-22(17-27)18-32(54(51,52)53)33(34(29)46)44-42-25-7-3-21(4-8-25)35(47)39-24-9-11-26(12-10-24)41-43-28-14-16-31(45)30(19-28)37(49)50;;/h1-19,45-46H,38H2,(H,39,47)(H,40,48)(H,49,50)(H,51,52,53);;/q;2*+1/p-2. The number of anilines is 3. The van der Waals surface area contributed by atoms with Gasteiger partial charge in [-0.2, -0.15) is 15.3 Å². The normalized spacial score (nSPS) is 11.2. The van der Waals surface area contributed by atoms with Crippen molar-refractivity contribution in [2.45, 2.75) is 4.90 Å². The van der Waals surface area contributed by atoms with Gasteiger partial charge in [-0.25, -0.2) is 8.42 Å². The van der Waals surface area contributed by atoms with Gasteiger partial charge in [-0.15, -0.1) is 5.11 Å². The van der Waals surface area contributed by atoms with Crippen LogP contribution in [-0.2, 0) is 10.1 Å². The Hall–Kier alpha value is -5.50. The first-order chi connectivity index (χ1) is 25.7. The van der Waals surface area contributed by atoms with Crippen molar-refractivity contribution in [1.29, 1.82) is 0 Å². The molecule has 6 aromatic carbocycles. The van der Waals surface area contributed by atoms with Gasteiger partial charge >= 0.3 is 59.1 Å². The predicted molar refractivity (Wildman–Crippen MR) is 194 cm³/mol. The van der Waals surface area contributed by atoms with E-state index in [0.29, 0.717) is 22.6 Å². The number of nitrogen functional groups attached to an aromatic ring is 1. The van der Waals surface area contributed by atoms with Crippen LogP contribution in [0.15, 0.2) is 141 Å². The number of rotatable bonds is 10. The largest absolute Gasteiger partial charge is 1.00 e. The SMILES string of the molecule is Nc1ccc(C(=O)Nc2ccc3c(O)c(N=Nc4ccc(C(=O)Nc5ccc(N=Nc6ccc(O)c(C(=O)[O-])c6)cc5)cc4)c(S(=O)(=O)[O-])cc3c2)cc1.[Na+].[Na+]. The molecule has 16 nitrogen and oxygen atoms in total. The van der Waals surface area contributed by atoms with E-state index in [0.717, 1.165) is 18.2 Å². The number of aromatic carboxylic acids is 1. The number of azo groups is 2. The molecule has 0 fully saturated rings. The Kier molecular flexibility index (Phi) is 14.2. The molecule has 0 bridgehead atoms. The molecule has 0 unspecified atom stereocenters. The molecule has 56 heavy (non-hydrogen) atoms. The number of carboxylic acid groups (broad SMARTS) is 1. The summed E-state index contributed by atoms with van der Waals surface area (Å²) in [4.78, 5) is 35.8. The van der Waals surface area contributed by atoms with Crippen LogP contribution < -0.4 is 80.6 Å². The van der Waals surface area contributed by atoms with Crippen molar-refractivity contribution in [2.75, 3.05) is 16.4 Å². The van der Waals surface area contributed by atoms with Crippen LogP contribution in [-0.4, -0.2) is 41.0 Å². The maximum Gasteiger partial charge on any atom is 1.00 e. The zero-order valence-corrected chi connectivity index (χ0v) is 34.3. The van der Waals surface area contributed by atoms with Crippen molar-refractivity contribution >= 4 is 78.5 Å². The average molecular weight is 790 g/mol. The van der Waals surface area contributed by atoms with Gasteiger partial charge in [0, 0.05) is 39.1 Å². The number of carbonyl (C=O) groups is 3. The summed E-state index contributed by atoms with van der Waals surface area (Å²) in [7, 11) is -5.16. The van der Waals surface area contributed by atoms with Gasteiger partial charge in [-0.1, -0.05) is 0 Å². The van der Waals surface area contributed by atoms with E-state index in [9.17, 15) is 42.7 Å². The minimum atomic E-state index is -5.16. The molecule has 6 N–H and O–H groups in total. The number of benzene rings is 6. The number of nitrogens with zero attached hydrogens (tertiary/aromatic N) is 4. The average Bonchev–Trinajstić information content (AvgIpc) is 3.14. The molecule has 0 aliphatic rings. The number of carboxylic acids is 1. The number of amides is 2. The van der Waals surface area contributed by atoms with Crippen LogP contribution in [0.25, 0.3) is 10.8 Å². The third-order valence-electron chi connectivity index (χ3n) is 7.75. The molecule has 0 atom stereocenters. The zero-order chi connectivity index (χ0) is 38.6. The number of carbonyl (C=O) groups excluding carboxylic acids is 3. The van der Waals surface area contributed by atoms with Crippen molar-refractivity contribution in [3.05, 3.63) is 132 Å². The fourth-order valence-electron chi connectivity index (χ4n) is 5.02. The molecule has 6 rings (SSSR count). The summed E-state index contributed by atoms with van der Waals surface area (Å²) in [5.74, 6) is -3.60. The topological polar surface area (TPSA) is 271 Å². The molecular weight excluding hydrogens is 764 g/mol. The van der Waals surface area contributed by atoms with Gasteiger partial charge in [0.05, 0.1) is 27.9 Å². The van der Waals surface area contributed by atoms with Crippen molar-refractivity contribution in [3.8, 4) is 11.5 Å². The van der Waals surface area contributed by atoms with E-state index in [2.05, 4.69) is 31.1 Å². The molecule has 19 heteroatoms. The Labute approximate surface area is 362 Å². The van der Waals surface area contributed by atoms with E-state index >= 15 is 0 Å². The van der Waals surface area contributed by atoms with Gasteiger partial charge < -0.3 is 41.0 Å². The molecule has 2 amide bonds. The molecule has 0 aliphatic carbocycles. The summed E-state index contributed by atoms with van der Waals surface area (Å²) in [5, 5.41) is 53.1. The van der Waals surface area contributed by atoms with Crippen LogP contribution in [0.4, 0.5) is 39.8 Å². The summed E-state index contributed by atoms with van der Waals surface area (Å²) in [6.45, 7) is 0. The van der Waals surface area contributed by atoms with Gasteiger partial charge in [-0.05, 0) is 121 Å². The minimum Gasteiger partial charge on any atom is -0.744 e. The number of hydrogen-bond acceptors (Lipinski definition) is 14. The van der Waals surface area contributed by atoms with Crippen LogP contribution in [0.1, 0.15) is 31.1 Å². The number of aromatic hydroxyl groups is 2. The van der Waals surface area contributed by atoms with Crippen molar-refractivity contribution in [2.24, 2.45) is 20.5 Å². The smallest absolute Gasteiger partial charge is 0.744 e. The van der Waals surface area contributed by atoms with Crippen LogP contribution in [0.3, 0.4) is 0 Å². The van der Waals surface area contributed by atoms with E-state index in [-0.39, 0.29) is 92.5 Å². The number of hydrogen-bond donors (Lipinski definition) is 5. The summed E-state index contributed by atoms with van der Waals surface area (Å²) in [6, 6.07) is 27.1. The summed E-state index contributed by atoms with van der Waals surface area (Å²) < 4.78 is 36.7. The second-order valence-electron chi connectivity index (χ2n) is 11.5. The van der Waals surface area contributed by atoms with Gasteiger partial charge in [0.15, 0.2) is 5.75 Å². The minimum absolute atomic E-state index is 0. The first-order valence-electron chi connectivity index (χ1n) is 15.6. The van der Waals surface area contributed by atoms with E-state index in [4.69, 9.17) is 5.73 Å². The molecule has 0 saturated heterocycles. The predicted octanol–water partition coefficient (Wildman–Crippen LogP) is 0.444. The van der Waals surface area contributed by atoms with E-state index in [1.54, 1.807) is 36.4 Å². The Morgan fingerprint density at radius 1 is 0.625 bits per heavy atom. The number of nitrogens with one attached hydrogen (secondary N) is 2. The molecule has 0 radical (unpaired) electrons. The first-order valence-corrected chi connectivity index (χ1v) is 17.0. The second-order valence-corrected chi connectivity index (χ2v) is 12.8. The summed E-state index contributed by atoms with van der Waals surface area (Å²) >= 11 is 0. The molecular formula is C37H25N7Na2O9S. The molecule has 0 aliphatic heterocycles. The number of fused-ring (bicyclic) bond motifs is 1. The van der Waals surface area contributed by atoms with Crippen molar-refractivity contribution < 1.29 is 102 Å². The Morgan fingerprint density at radius 2 is 1.12 bits per heavy atom.